The minimum absolute atomic E-state index is 0.597. The van der Waals surface area contributed by atoms with E-state index in [-0.39, 0.29) is 0 Å². The molecule has 1 heterocycles. The summed E-state index contributed by atoms with van der Waals surface area (Å²) in [7, 11) is 1.35. The van der Waals surface area contributed by atoms with Crippen LogP contribution >= 0.6 is 0 Å². The summed E-state index contributed by atoms with van der Waals surface area (Å²) in [4.78, 5) is 0. The van der Waals surface area contributed by atoms with E-state index in [0.717, 1.165) is 0 Å². The van der Waals surface area contributed by atoms with Crippen LogP contribution in [-0.4, -0.2) is 27.2 Å². The fourth-order valence-corrected chi connectivity index (χ4v) is 6.07. The third-order valence-electron chi connectivity index (χ3n) is 3.42. The van der Waals surface area contributed by atoms with E-state index >= 15 is 0 Å². The lowest BCUT2D eigenvalue weighted by Crippen LogP contribution is -2.51. The Morgan fingerprint density at radius 2 is 1.60 bits per heavy atom. The van der Waals surface area contributed by atoms with Gasteiger partial charge in [-0.1, -0.05) is 12.8 Å². The number of rotatable bonds is 4. The van der Waals surface area contributed by atoms with E-state index in [1.165, 1.54) is 25.7 Å². The molecule has 0 N–H and O–H groups in total. The first-order chi connectivity index (χ1) is 7.33. The van der Waals surface area contributed by atoms with Gasteiger partial charge in [0, 0.05) is 19.8 Å². The minimum Gasteiger partial charge on any atom is -0.381 e. The van der Waals surface area contributed by atoms with Gasteiger partial charge in [0.05, 0.1) is 0 Å². The molecule has 0 bridgehead atoms. The van der Waals surface area contributed by atoms with E-state index in [4.69, 9.17) is 8.85 Å². The molecule has 1 saturated carbocycles. The van der Waals surface area contributed by atoms with E-state index in [0.29, 0.717) is 5.54 Å². The predicted octanol–water partition coefficient (Wildman–Crippen LogP) is 2.51. The van der Waals surface area contributed by atoms with E-state index in [1.54, 1.807) is 14.2 Å². The Morgan fingerprint density at radius 3 is 2.07 bits per heavy atom. The normalized spacial score (nSPS) is 18.5. The fraction of sp³-hybridized carbons (Fsp3) is 0.636. The average Bonchev–Trinajstić information content (AvgIpc) is 2.92. The standard InChI is InChI=1S/C11H19NO2Si/c1-13-15(14-2,11-7-3-4-8-11)12-9-5-6-10-12/h5-6,9-11H,3-4,7-8H2,1-2H3. The van der Waals surface area contributed by atoms with Crippen LogP contribution < -0.4 is 0 Å². The smallest absolute Gasteiger partial charge is 0.381 e. The molecule has 2 rings (SSSR count). The summed E-state index contributed by atoms with van der Waals surface area (Å²) in [6, 6.07) is 4.07. The molecular formula is C11H19NO2Si. The molecule has 0 aliphatic heterocycles. The molecule has 0 aromatic carbocycles. The van der Waals surface area contributed by atoms with Crippen LogP contribution in [0.3, 0.4) is 0 Å². The lowest BCUT2D eigenvalue weighted by atomic mass is 10.4. The molecule has 0 unspecified atom stereocenters. The average molecular weight is 225 g/mol. The maximum absolute atomic E-state index is 5.80. The van der Waals surface area contributed by atoms with Crippen molar-refractivity contribution in [3.8, 4) is 0 Å². The summed E-state index contributed by atoms with van der Waals surface area (Å²) in [5.41, 5.74) is 0.597. The highest BCUT2D eigenvalue weighted by Gasteiger charge is 2.48. The van der Waals surface area contributed by atoms with Crippen LogP contribution in [0.1, 0.15) is 25.7 Å². The SMILES string of the molecule is CO[Si](OC)(C1CCCC1)n1cccc1. The lowest BCUT2D eigenvalue weighted by molar-refractivity contribution is 0.216. The fourth-order valence-electron chi connectivity index (χ4n) is 2.67. The second kappa shape index (κ2) is 4.51. The molecular weight excluding hydrogens is 206 g/mol. The molecule has 3 nitrogen and oxygen atoms in total. The second-order valence-electron chi connectivity index (χ2n) is 4.11. The molecule has 0 radical (unpaired) electrons. The summed E-state index contributed by atoms with van der Waals surface area (Å²) in [6.07, 6.45) is 9.24. The molecule has 1 aromatic rings. The van der Waals surface area contributed by atoms with Gasteiger partial charge in [0.1, 0.15) is 0 Å². The molecule has 1 aromatic heterocycles. The van der Waals surface area contributed by atoms with E-state index in [1.807, 2.05) is 12.1 Å². The van der Waals surface area contributed by atoms with Crippen molar-refractivity contribution >= 4 is 8.72 Å². The molecule has 1 aliphatic carbocycles. The first kappa shape index (κ1) is 10.9. The van der Waals surface area contributed by atoms with Gasteiger partial charge in [0.15, 0.2) is 0 Å². The third kappa shape index (κ3) is 1.77. The summed E-state index contributed by atoms with van der Waals surface area (Å²) < 4.78 is 13.8. The maximum Gasteiger partial charge on any atom is 0.465 e. The van der Waals surface area contributed by atoms with Crippen molar-refractivity contribution in [2.45, 2.75) is 31.2 Å². The Labute approximate surface area is 92.3 Å². The molecule has 0 atom stereocenters. The van der Waals surface area contributed by atoms with Gasteiger partial charge in [0.25, 0.3) is 0 Å². The van der Waals surface area contributed by atoms with Gasteiger partial charge in [0.2, 0.25) is 0 Å². The van der Waals surface area contributed by atoms with Crippen LogP contribution in [0.25, 0.3) is 0 Å². The zero-order valence-corrected chi connectivity index (χ0v) is 10.5. The van der Waals surface area contributed by atoms with Gasteiger partial charge in [-0.05, 0) is 37.4 Å². The summed E-state index contributed by atoms with van der Waals surface area (Å²) in [6.45, 7) is 0. The summed E-state index contributed by atoms with van der Waals surface area (Å²) >= 11 is 0. The highest BCUT2D eigenvalue weighted by Crippen LogP contribution is 2.39. The van der Waals surface area contributed by atoms with Crippen LogP contribution in [0, 0.1) is 0 Å². The molecule has 1 aliphatic rings. The van der Waals surface area contributed by atoms with Crippen molar-refractivity contribution in [3.05, 3.63) is 24.5 Å². The molecule has 4 heteroatoms. The number of nitrogens with zero attached hydrogens (tertiary/aromatic N) is 1. The van der Waals surface area contributed by atoms with Crippen LogP contribution in [0.15, 0.2) is 24.5 Å². The van der Waals surface area contributed by atoms with Gasteiger partial charge in [-0.25, -0.2) is 0 Å². The van der Waals surface area contributed by atoms with E-state index < -0.39 is 8.72 Å². The molecule has 84 valence electrons. The van der Waals surface area contributed by atoms with Gasteiger partial charge >= 0.3 is 8.72 Å². The Kier molecular flexibility index (Phi) is 3.28. The van der Waals surface area contributed by atoms with Gasteiger partial charge in [-0.15, -0.1) is 0 Å². The molecule has 0 amide bonds. The lowest BCUT2D eigenvalue weighted by Gasteiger charge is -2.33. The summed E-state index contributed by atoms with van der Waals surface area (Å²) in [5, 5.41) is 0. The van der Waals surface area contributed by atoms with E-state index in [2.05, 4.69) is 16.6 Å². The summed E-state index contributed by atoms with van der Waals surface area (Å²) in [5.74, 6) is 0. The quantitative estimate of drug-likeness (QED) is 0.735. The molecule has 0 spiro atoms. The zero-order valence-electron chi connectivity index (χ0n) is 9.48. The van der Waals surface area contributed by atoms with Crippen molar-refractivity contribution in [1.82, 2.24) is 4.23 Å². The monoisotopic (exact) mass is 225 g/mol. The van der Waals surface area contributed by atoms with E-state index in [9.17, 15) is 0 Å². The Hall–Kier alpha value is -0.583. The largest absolute Gasteiger partial charge is 0.465 e. The number of hydrogen-bond donors (Lipinski definition) is 0. The second-order valence-corrected chi connectivity index (χ2v) is 7.52. The molecule has 1 fully saturated rings. The first-order valence-electron chi connectivity index (χ1n) is 5.57. The highest BCUT2D eigenvalue weighted by atomic mass is 28.4. The maximum atomic E-state index is 5.80. The van der Waals surface area contributed by atoms with Crippen molar-refractivity contribution in [2.75, 3.05) is 14.2 Å². The predicted molar refractivity (Wildman–Crippen MR) is 61.8 cm³/mol. The third-order valence-corrected chi connectivity index (χ3v) is 7.22. The first-order valence-corrected chi connectivity index (χ1v) is 7.41. The van der Waals surface area contributed by atoms with Crippen molar-refractivity contribution in [3.63, 3.8) is 0 Å². The molecule has 15 heavy (non-hydrogen) atoms. The zero-order chi connectivity index (χ0) is 10.7. The number of aromatic nitrogens is 1. The minimum atomic E-state index is -2.22. The Morgan fingerprint density at radius 1 is 1.07 bits per heavy atom. The highest BCUT2D eigenvalue weighted by molar-refractivity contribution is 6.67. The van der Waals surface area contributed by atoms with Crippen LogP contribution in [0.2, 0.25) is 5.54 Å². The number of hydrogen-bond acceptors (Lipinski definition) is 2. The Balaban J connectivity index is 2.30. The van der Waals surface area contributed by atoms with Gasteiger partial charge in [-0.2, -0.15) is 0 Å². The van der Waals surface area contributed by atoms with Gasteiger partial charge in [-0.3, -0.25) is 0 Å². The van der Waals surface area contributed by atoms with Crippen molar-refractivity contribution in [2.24, 2.45) is 0 Å². The van der Waals surface area contributed by atoms with Crippen molar-refractivity contribution in [1.29, 1.82) is 0 Å². The Bertz CT molecular complexity index is 290. The van der Waals surface area contributed by atoms with Crippen LogP contribution in [0.5, 0.6) is 0 Å². The van der Waals surface area contributed by atoms with Gasteiger partial charge < -0.3 is 13.1 Å². The topological polar surface area (TPSA) is 23.4 Å². The van der Waals surface area contributed by atoms with Crippen molar-refractivity contribution < 1.29 is 8.85 Å². The molecule has 0 saturated heterocycles. The van der Waals surface area contributed by atoms with Crippen LogP contribution in [0.4, 0.5) is 0 Å². The van der Waals surface area contributed by atoms with Crippen LogP contribution in [-0.2, 0) is 8.85 Å².